The van der Waals surface area contributed by atoms with Crippen molar-refractivity contribution in [3.63, 3.8) is 0 Å². The number of rotatable bonds is 5. The van der Waals surface area contributed by atoms with E-state index in [2.05, 4.69) is 5.32 Å². The van der Waals surface area contributed by atoms with Gasteiger partial charge in [0.2, 0.25) is 5.91 Å². The van der Waals surface area contributed by atoms with Crippen molar-refractivity contribution >= 4 is 18.3 Å². The van der Waals surface area contributed by atoms with Crippen molar-refractivity contribution in [1.29, 1.82) is 0 Å². The summed E-state index contributed by atoms with van der Waals surface area (Å²) < 4.78 is 0. The average molecular weight is 281 g/mol. The van der Waals surface area contributed by atoms with Gasteiger partial charge in [-0.05, 0) is 24.2 Å². The summed E-state index contributed by atoms with van der Waals surface area (Å²) in [6.45, 7) is 12.1. The van der Waals surface area contributed by atoms with Gasteiger partial charge >= 0.3 is 0 Å². The summed E-state index contributed by atoms with van der Waals surface area (Å²) in [5.74, 6) is -0.129. The normalized spacial score (nSPS) is 15.6. The summed E-state index contributed by atoms with van der Waals surface area (Å²) in [6, 6.07) is -0.509. The Morgan fingerprint density at radius 2 is 1.72 bits per heavy atom. The lowest BCUT2D eigenvalue weighted by atomic mass is 9.85. The highest BCUT2D eigenvalue weighted by Crippen LogP contribution is 2.22. The molecule has 110 valence electrons. The number of carbonyl (C=O) groups is 1. The molecule has 1 unspecified atom stereocenters. The SMILES string of the molecule is CC(O)CC(C)(C)CNC(=O)[C@@H](N)C(C)(C)C.Cl. The second kappa shape index (κ2) is 7.31. The standard InChI is InChI=1S/C13H28N2O2.ClH/c1-9(16)7-13(5,6)8-15-11(17)10(14)12(2,3)4;/h9-10,16H,7-8,14H2,1-6H3,(H,15,17);1H/t9?,10-;/m1./s1. The van der Waals surface area contributed by atoms with E-state index in [0.717, 1.165) is 0 Å². The highest BCUT2D eigenvalue weighted by molar-refractivity contribution is 5.85. The first-order valence-corrected chi connectivity index (χ1v) is 6.17. The van der Waals surface area contributed by atoms with Crippen molar-refractivity contribution in [2.24, 2.45) is 16.6 Å². The number of aliphatic hydroxyl groups excluding tert-OH is 1. The molecule has 0 aromatic heterocycles. The number of nitrogens with two attached hydrogens (primary N) is 1. The molecule has 0 aliphatic heterocycles. The fourth-order valence-corrected chi connectivity index (χ4v) is 1.70. The Kier molecular flexibility index (Phi) is 8.13. The predicted octanol–water partition coefficient (Wildman–Crippen LogP) is 1.69. The third-order valence-corrected chi connectivity index (χ3v) is 2.80. The van der Waals surface area contributed by atoms with E-state index in [1.54, 1.807) is 6.92 Å². The van der Waals surface area contributed by atoms with Gasteiger partial charge in [-0.1, -0.05) is 34.6 Å². The molecule has 0 fully saturated rings. The van der Waals surface area contributed by atoms with Crippen LogP contribution >= 0.6 is 12.4 Å². The van der Waals surface area contributed by atoms with Gasteiger partial charge in [0.1, 0.15) is 0 Å². The van der Waals surface area contributed by atoms with Gasteiger partial charge in [0, 0.05) is 6.54 Å². The Morgan fingerprint density at radius 3 is 2.06 bits per heavy atom. The summed E-state index contributed by atoms with van der Waals surface area (Å²) in [6.07, 6.45) is 0.288. The van der Waals surface area contributed by atoms with E-state index >= 15 is 0 Å². The molecule has 18 heavy (non-hydrogen) atoms. The Morgan fingerprint density at radius 1 is 1.28 bits per heavy atom. The average Bonchev–Trinajstić information content (AvgIpc) is 2.09. The third-order valence-electron chi connectivity index (χ3n) is 2.80. The van der Waals surface area contributed by atoms with Crippen LogP contribution in [0.25, 0.3) is 0 Å². The number of halogens is 1. The highest BCUT2D eigenvalue weighted by atomic mass is 35.5. The molecule has 0 heterocycles. The molecule has 1 amide bonds. The van der Waals surface area contributed by atoms with Crippen LogP contribution < -0.4 is 11.1 Å². The predicted molar refractivity (Wildman–Crippen MR) is 77.8 cm³/mol. The van der Waals surface area contributed by atoms with Crippen molar-refractivity contribution in [2.75, 3.05) is 6.54 Å². The smallest absolute Gasteiger partial charge is 0.237 e. The Hall–Kier alpha value is -0.320. The van der Waals surface area contributed by atoms with Crippen molar-refractivity contribution in [2.45, 2.75) is 60.1 Å². The maximum Gasteiger partial charge on any atom is 0.237 e. The van der Waals surface area contributed by atoms with Gasteiger partial charge < -0.3 is 16.2 Å². The van der Waals surface area contributed by atoms with E-state index in [9.17, 15) is 9.90 Å². The van der Waals surface area contributed by atoms with Crippen LogP contribution in [0.5, 0.6) is 0 Å². The van der Waals surface area contributed by atoms with Crippen LogP contribution in [-0.2, 0) is 4.79 Å². The van der Waals surface area contributed by atoms with Crippen LogP contribution in [0.4, 0.5) is 0 Å². The van der Waals surface area contributed by atoms with Crippen molar-refractivity contribution in [3.05, 3.63) is 0 Å². The molecule has 0 spiro atoms. The summed E-state index contributed by atoms with van der Waals surface area (Å²) in [5.41, 5.74) is 5.50. The van der Waals surface area contributed by atoms with Crippen LogP contribution in [0.2, 0.25) is 0 Å². The molecule has 0 aliphatic carbocycles. The molecule has 2 atom stereocenters. The lowest BCUT2D eigenvalue weighted by molar-refractivity contribution is -0.125. The highest BCUT2D eigenvalue weighted by Gasteiger charge is 2.29. The van der Waals surface area contributed by atoms with E-state index < -0.39 is 6.04 Å². The summed E-state index contributed by atoms with van der Waals surface area (Å²) >= 11 is 0. The molecule has 0 saturated heterocycles. The quantitative estimate of drug-likeness (QED) is 0.717. The van der Waals surface area contributed by atoms with Crippen molar-refractivity contribution in [3.8, 4) is 0 Å². The molecular weight excluding hydrogens is 252 g/mol. The van der Waals surface area contributed by atoms with Crippen LogP contribution in [0.1, 0.15) is 48.0 Å². The van der Waals surface area contributed by atoms with Crippen LogP contribution in [0.15, 0.2) is 0 Å². The summed E-state index contributed by atoms with van der Waals surface area (Å²) in [4.78, 5) is 11.8. The zero-order valence-corrected chi connectivity index (χ0v) is 13.2. The molecule has 0 radical (unpaired) electrons. The van der Waals surface area contributed by atoms with E-state index in [1.807, 2.05) is 34.6 Å². The fourth-order valence-electron chi connectivity index (χ4n) is 1.70. The summed E-state index contributed by atoms with van der Waals surface area (Å²) in [5, 5.41) is 12.2. The van der Waals surface area contributed by atoms with Gasteiger partial charge in [-0.25, -0.2) is 0 Å². The first-order chi connectivity index (χ1) is 7.46. The van der Waals surface area contributed by atoms with Crippen LogP contribution in [-0.4, -0.2) is 29.7 Å². The van der Waals surface area contributed by atoms with Crippen molar-refractivity contribution < 1.29 is 9.90 Å². The van der Waals surface area contributed by atoms with E-state index in [1.165, 1.54) is 0 Å². The van der Waals surface area contributed by atoms with Gasteiger partial charge in [-0.2, -0.15) is 0 Å². The monoisotopic (exact) mass is 280 g/mol. The lowest BCUT2D eigenvalue weighted by Gasteiger charge is -2.30. The number of aliphatic hydroxyl groups is 1. The topological polar surface area (TPSA) is 75.3 Å². The molecule has 0 aromatic carbocycles. The molecule has 5 heteroatoms. The Bertz CT molecular complexity index is 260. The third kappa shape index (κ3) is 7.90. The first-order valence-electron chi connectivity index (χ1n) is 6.17. The van der Waals surface area contributed by atoms with Gasteiger partial charge in [-0.3, -0.25) is 4.79 Å². The first kappa shape index (κ1) is 20.0. The minimum absolute atomic E-state index is 0. The van der Waals surface area contributed by atoms with Crippen LogP contribution in [0.3, 0.4) is 0 Å². The largest absolute Gasteiger partial charge is 0.393 e. The molecule has 0 aliphatic rings. The maximum atomic E-state index is 11.8. The molecule has 0 bridgehead atoms. The maximum absolute atomic E-state index is 11.8. The molecule has 0 rings (SSSR count). The van der Waals surface area contributed by atoms with Gasteiger partial charge in [0.15, 0.2) is 0 Å². The van der Waals surface area contributed by atoms with E-state index in [0.29, 0.717) is 13.0 Å². The molecular formula is C13H29ClN2O2. The second-order valence-corrected chi connectivity index (χ2v) is 6.78. The molecule has 0 aromatic rings. The number of hydrogen-bond donors (Lipinski definition) is 3. The molecule has 0 saturated carbocycles. The zero-order valence-electron chi connectivity index (χ0n) is 12.4. The fraction of sp³-hybridized carbons (Fsp3) is 0.923. The zero-order chi connectivity index (χ0) is 13.9. The van der Waals surface area contributed by atoms with E-state index in [-0.39, 0.29) is 35.2 Å². The number of nitrogens with one attached hydrogen (secondary N) is 1. The van der Waals surface area contributed by atoms with Gasteiger partial charge in [0.25, 0.3) is 0 Å². The number of carbonyl (C=O) groups excluding carboxylic acids is 1. The second-order valence-electron chi connectivity index (χ2n) is 6.78. The van der Waals surface area contributed by atoms with Gasteiger partial charge in [0.05, 0.1) is 12.1 Å². The van der Waals surface area contributed by atoms with Gasteiger partial charge in [-0.15, -0.1) is 12.4 Å². The lowest BCUT2D eigenvalue weighted by Crippen LogP contribution is -2.50. The van der Waals surface area contributed by atoms with E-state index in [4.69, 9.17) is 5.73 Å². The van der Waals surface area contributed by atoms with Crippen LogP contribution in [0, 0.1) is 10.8 Å². The van der Waals surface area contributed by atoms with Crippen molar-refractivity contribution in [1.82, 2.24) is 5.32 Å². The summed E-state index contributed by atoms with van der Waals surface area (Å²) in [7, 11) is 0. The number of hydrogen-bond acceptors (Lipinski definition) is 3. The number of amides is 1. The molecule has 4 N–H and O–H groups in total. The minimum Gasteiger partial charge on any atom is -0.393 e. The minimum atomic E-state index is -0.509. The Labute approximate surface area is 117 Å². The molecule has 4 nitrogen and oxygen atoms in total. The Balaban J connectivity index is 0.